The predicted octanol–water partition coefficient (Wildman–Crippen LogP) is 2.61. The number of rotatable bonds is 7. The smallest absolute Gasteiger partial charge is 0.526 e. The van der Waals surface area contributed by atoms with Gasteiger partial charge in [-0.25, -0.2) is 4.98 Å². The quantitative estimate of drug-likeness (QED) is 0.327. The van der Waals surface area contributed by atoms with Crippen LogP contribution in [-0.4, -0.2) is 35.2 Å². The standard InChI is InChI=1S/C18H22BN3O4S/c1-3-7-25-22-16(14-10-27-18(20)21-14)15(23)9-13-8-12-6-4-5-11(2)17(12)26-19(13)24/h4-6,10,13,24H,3,7-9H2,1-2H3,(H2,20,21)/b22-16-/t13-/m1/s1. The van der Waals surface area contributed by atoms with E-state index in [4.69, 9.17) is 15.2 Å². The average molecular weight is 387 g/mol. The molecule has 9 heteroatoms. The molecule has 1 aliphatic heterocycles. The molecule has 1 atom stereocenters. The molecule has 0 spiro atoms. The van der Waals surface area contributed by atoms with E-state index < -0.39 is 7.12 Å². The minimum Gasteiger partial charge on any atom is -0.536 e. The van der Waals surface area contributed by atoms with Crippen LogP contribution in [0.1, 0.15) is 36.6 Å². The van der Waals surface area contributed by atoms with Crippen molar-refractivity contribution >= 4 is 35.1 Å². The van der Waals surface area contributed by atoms with Crippen molar-refractivity contribution in [3.05, 3.63) is 40.4 Å². The summed E-state index contributed by atoms with van der Waals surface area (Å²) < 4.78 is 5.66. The highest BCUT2D eigenvalue weighted by molar-refractivity contribution is 7.13. The molecule has 0 aliphatic carbocycles. The second-order valence-corrected chi connectivity index (χ2v) is 7.40. The van der Waals surface area contributed by atoms with Crippen LogP contribution in [0.2, 0.25) is 5.82 Å². The Kier molecular flexibility index (Phi) is 6.13. The Morgan fingerprint density at radius 2 is 2.37 bits per heavy atom. The minimum absolute atomic E-state index is 0.0697. The van der Waals surface area contributed by atoms with Crippen molar-refractivity contribution in [1.82, 2.24) is 4.98 Å². The van der Waals surface area contributed by atoms with E-state index in [1.54, 1.807) is 5.38 Å². The number of nitrogens with zero attached hydrogens (tertiary/aromatic N) is 2. The highest BCUT2D eigenvalue weighted by atomic mass is 32.1. The fourth-order valence-electron chi connectivity index (χ4n) is 2.99. The summed E-state index contributed by atoms with van der Waals surface area (Å²) in [5.74, 6) is 0.0560. The lowest BCUT2D eigenvalue weighted by atomic mass is 9.64. The number of fused-ring (bicyclic) bond motifs is 1. The monoisotopic (exact) mass is 387 g/mol. The number of carbonyl (C=O) groups excluding carboxylic acids is 1. The molecule has 1 aromatic carbocycles. The van der Waals surface area contributed by atoms with Gasteiger partial charge in [-0.2, -0.15) is 0 Å². The molecule has 0 fully saturated rings. The summed E-state index contributed by atoms with van der Waals surface area (Å²) in [6, 6.07) is 5.82. The van der Waals surface area contributed by atoms with E-state index in [1.807, 2.05) is 32.0 Å². The molecule has 2 heterocycles. The third-order valence-corrected chi connectivity index (χ3v) is 5.02. The molecule has 0 saturated heterocycles. The second kappa shape index (κ2) is 8.54. The van der Waals surface area contributed by atoms with Gasteiger partial charge in [0.1, 0.15) is 18.1 Å². The Morgan fingerprint density at radius 3 is 3.07 bits per heavy atom. The van der Waals surface area contributed by atoms with E-state index in [1.165, 1.54) is 11.3 Å². The molecule has 1 aliphatic rings. The van der Waals surface area contributed by atoms with E-state index in [2.05, 4.69) is 10.1 Å². The first-order valence-corrected chi connectivity index (χ1v) is 9.75. The highest BCUT2D eigenvalue weighted by Crippen LogP contribution is 2.36. The molecule has 0 bridgehead atoms. The zero-order chi connectivity index (χ0) is 19.4. The Labute approximate surface area is 162 Å². The number of hydrogen-bond acceptors (Lipinski definition) is 8. The lowest BCUT2D eigenvalue weighted by Crippen LogP contribution is -2.36. The van der Waals surface area contributed by atoms with Crippen LogP contribution in [0.5, 0.6) is 5.75 Å². The van der Waals surface area contributed by atoms with E-state index >= 15 is 0 Å². The van der Waals surface area contributed by atoms with E-state index in [0.29, 0.717) is 29.6 Å². The van der Waals surface area contributed by atoms with Crippen molar-refractivity contribution in [1.29, 1.82) is 0 Å². The molecular formula is C18H22BN3O4S. The Morgan fingerprint density at radius 1 is 1.56 bits per heavy atom. The fourth-order valence-corrected chi connectivity index (χ4v) is 3.54. The van der Waals surface area contributed by atoms with Crippen molar-refractivity contribution in [2.75, 3.05) is 12.3 Å². The summed E-state index contributed by atoms with van der Waals surface area (Å²) in [6.07, 6.45) is 1.39. The molecule has 7 nitrogen and oxygen atoms in total. The summed E-state index contributed by atoms with van der Waals surface area (Å²) in [5.41, 5.74) is 8.14. The largest absolute Gasteiger partial charge is 0.536 e. The Hall–Kier alpha value is -2.39. The number of Topliss-reactive ketones (excluding diaryl/α,β-unsaturated/α-hetero) is 1. The number of benzene rings is 1. The molecular weight excluding hydrogens is 365 g/mol. The normalized spacial score (nSPS) is 16.6. The number of oxime groups is 1. The number of carbonyl (C=O) groups is 1. The van der Waals surface area contributed by atoms with E-state index in [0.717, 1.165) is 17.5 Å². The van der Waals surface area contributed by atoms with Crippen molar-refractivity contribution in [3.8, 4) is 5.75 Å². The van der Waals surface area contributed by atoms with Crippen LogP contribution in [0.15, 0.2) is 28.7 Å². The molecule has 0 saturated carbocycles. The van der Waals surface area contributed by atoms with Crippen molar-refractivity contribution in [2.24, 2.45) is 5.16 Å². The molecule has 1 aromatic heterocycles. The molecule has 0 radical (unpaired) electrons. The average Bonchev–Trinajstić information content (AvgIpc) is 3.06. The number of hydrogen-bond donors (Lipinski definition) is 2. The number of aromatic nitrogens is 1. The Balaban J connectivity index is 1.78. The van der Waals surface area contributed by atoms with Gasteiger partial charge in [0.05, 0.1) is 0 Å². The molecule has 3 N–H and O–H groups in total. The maximum absolute atomic E-state index is 12.9. The topological polar surface area (TPSA) is 107 Å². The molecule has 27 heavy (non-hydrogen) atoms. The van der Waals surface area contributed by atoms with Crippen molar-refractivity contribution in [3.63, 3.8) is 0 Å². The van der Waals surface area contributed by atoms with Gasteiger partial charge in [0.15, 0.2) is 16.6 Å². The van der Waals surface area contributed by atoms with E-state index in [9.17, 15) is 9.82 Å². The molecule has 0 unspecified atom stereocenters. The number of nitrogen functional groups attached to an aromatic ring is 1. The minimum atomic E-state index is -1.05. The first-order valence-electron chi connectivity index (χ1n) is 8.87. The third kappa shape index (κ3) is 4.48. The number of anilines is 1. The van der Waals surface area contributed by atoms with Crippen LogP contribution in [0.25, 0.3) is 0 Å². The predicted molar refractivity (Wildman–Crippen MR) is 106 cm³/mol. The van der Waals surface area contributed by atoms with Crippen LogP contribution in [0.4, 0.5) is 5.13 Å². The van der Waals surface area contributed by atoms with Gasteiger partial charge < -0.3 is 20.2 Å². The number of ketones is 1. The first-order chi connectivity index (χ1) is 13.0. The number of thiazole rings is 1. The SMILES string of the molecule is CCCO/N=C(\C(=O)C[C@H]1Cc2cccc(C)c2OB1O)c1csc(N)n1. The maximum atomic E-state index is 12.9. The van der Waals surface area contributed by atoms with Gasteiger partial charge in [-0.15, -0.1) is 11.3 Å². The third-order valence-electron chi connectivity index (χ3n) is 4.34. The van der Waals surface area contributed by atoms with Crippen LogP contribution in [0, 0.1) is 6.92 Å². The van der Waals surface area contributed by atoms with Gasteiger partial charge in [0.25, 0.3) is 0 Å². The van der Waals surface area contributed by atoms with Crippen LogP contribution < -0.4 is 10.4 Å². The molecule has 0 amide bonds. The molecule has 3 rings (SSSR count). The lowest BCUT2D eigenvalue weighted by molar-refractivity contribution is -0.113. The van der Waals surface area contributed by atoms with Gasteiger partial charge in [-0.3, -0.25) is 4.79 Å². The molecule has 2 aromatic rings. The van der Waals surface area contributed by atoms with Crippen LogP contribution >= 0.6 is 11.3 Å². The van der Waals surface area contributed by atoms with Gasteiger partial charge in [-0.1, -0.05) is 30.3 Å². The second-order valence-electron chi connectivity index (χ2n) is 6.51. The lowest BCUT2D eigenvalue weighted by Gasteiger charge is -2.28. The number of nitrogens with two attached hydrogens (primary N) is 1. The number of para-hydroxylation sites is 1. The van der Waals surface area contributed by atoms with Gasteiger partial charge in [-0.05, 0) is 30.9 Å². The summed E-state index contributed by atoms with van der Waals surface area (Å²) in [5, 5.41) is 16.4. The van der Waals surface area contributed by atoms with Crippen molar-refractivity contribution in [2.45, 2.75) is 38.9 Å². The van der Waals surface area contributed by atoms with Gasteiger partial charge >= 0.3 is 7.12 Å². The summed E-state index contributed by atoms with van der Waals surface area (Å²) in [6.45, 7) is 4.28. The Bertz CT molecular complexity index is 855. The summed E-state index contributed by atoms with van der Waals surface area (Å²) in [4.78, 5) is 22.2. The maximum Gasteiger partial charge on any atom is 0.526 e. The van der Waals surface area contributed by atoms with Crippen LogP contribution in [0.3, 0.4) is 0 Å². The highest BCUT2D eigenvalue weighted by Gasteiger charge is 2.37. The zero-order valence-corrected chi connectivity index (χ0v) is 16.2. The van der Waals surface area contributed by atoms with Crippen molar-refractivity contribution < 1.29 is 19.3 Å². The van der Waals surface area contributed by atoms with Crippen LogP contribution in [-0.2, 0) is 16.1 Å². The van der Waals surface area contributed by atoms with Gasteiger partial charge in [0, 0.05) is 17.6 Å². The van der Waals surface area contributed by atoms with E-state index in [-0.39, 0.29) is 23.7 Å². The summed E-state index contributed by atoms with van der Waals surface area (Å²) >= 11 is 1.23. The zero-order valence-electron chi connectivity index (χ0n) is 15.3. The fraction of sp³-hybridized carbons (Fsp3) is 0.389. The molecule has 142 valence electrons. The first kappa shape index (κ1) is 19.4. The number of aryl methyl sites for hydroxylation is 1. The van der Waals surface area contributed by atoms with Gasteiger partial charge in [0.2, 0.25) is 0 Å². The summed E-state index contributed by atoms with van der Waals surface area (Å²) in [7, 11) is -1.05.